The second-order valence-electron chi connectivity index (χ2n) is 5.87. The van der Waals surface area contributed by atoms with E-state index in [0.29, 0.717) is 0 Å². The van der Waals surface area contributed by atoms with Gasteiger partial charge in [0.25, 0.3) is 0 Å². The quantitative estimate of drug-likeness (QED) is 0.623. The third-order valence-corrected chi connectivity index (χ3v) is 4.20. The molecule has 4 rings (SSSR count). The van der Waals surface area contributed by atoms with Crippen LogP contribution >= 0.6 is 0 Å². The first kappa shape index (κ1) is 13.9. The molecule has 4 aromatic rings. The Morgan fingerprint density at radius 2 is 2.04 bits per heavy atom. The summed E-state index contributed by atoms with van der Waals surface area (Å²) in [5.74, 6) is 0. The van der Waals surface area contributed by atoms with Crippen LogP contribution in [0.5, 0.6) is 0 Å². The lowest BCUT2D eigenvalue weighted by atomic mass is 10.0. The van der Waals surface area contributed by atoms with E-state index in [-0.39, 0.29) is 0 Å². The van der Waals surface area contributed by atoms with E-state index < -0.39 is 0 Å². The monoisotopic (exact) mass is 302 g/mol. The van der Waals surface area contributed by atoms with Crippen LogP contribution in [0.3, 0.4) is 0 Å². The van der Waals surface area contributed by atoms with Gasteiger partial charge in [-0.2, -0.15) is 5.10 Å². The van der Waals surface area contributed by atoms with Crippen molar-refractivity contribution >= 4 is 21.8 Å². The SMILES string of the molecule is CCc1nc(C)cc2cc(Cc3[nH]nc4cccnc34)ccc12. The van der Waals surface area contributed by atoms with Gasteiger partial charge in [0.15, 0.2) is 0 Å². The van der Waals surface area contributed by atoms with Gasteiger partial charge >= 0.3 is 0 Å². The smallest absolute Gasteiger partial charge is 0.112 e. The minimum absolute atomic E-state index is 0.798. The molecule has 0 unspecified atom stereocenters. The molecule has 0 aliphatic heterocycles. The molecule has 3 heterocycles. The summed E-state index contributed by atoms with van der Waals surface area (Å²) in [4.78, 5) is 9.08. The van der Waals surface area contributed by atoms with Crippen LogP contribution in [0.4, 0.5) is 0 Å². The molecule has 3 aromatic heterocycles. The highest BCUT2D eigenvalue weighted by Gasteiger charge is 2.09. The Labute approximate surface area is 134 Å². The Morgan fingerprint density at radius 3 is 2.91 bits per heavy atom. The molecule has 1 aromatic carbocycles. The largest absolute Gasteiger partial charge is 0.279 e. The number of benzene rings is 1. The number of nitrogens with one attached hydrogen (secondary N) is 1. The summed E-state index contributed by atoms with van der Waals surface area (Å²) in [6.07, 6.45) is 3.56. The fraction of sp³-hybridized carbons (Fsp3) is 0.211. The molecule has 23 heavy (non-hydrogen) atoms. The summed E-state index contributed by atoms with van der Waals surface area (Å²) in [6.45, 7) is 4.20. The van der Waals surface area contributed by atoms with Gasteiger partial charge in [-0.25, -0.2) is 0 Å². The molecular weight excluding hydrogens is 284 g/mol. The molecule has 0 fully saturated rings. The molecule has 0 amide bonds. The number of aryl methyl sites for hydroxylation is 2. The maximum atomic E-state index is 4.64. The fourth-order valence-electron chi connectivity index (χ4n) is 3.13. The molecule has 4 heteroatoms. The second kappa shape index (κ2) is 5.47. The number of aromatic amines is 1. The van der Waals surface area contributed by atoms with Crippen molar-refractivity contribution < 1.29 is 0 Å². The normalized spacial score (nSPS) is 11.4. The Morgan fingerprint density at radius 1 is 1.13 bits per heavy atom. The van der Waals surface area contributed by atoms with E-state index in [2.05, 4.69) is 58.3 Å². The van der Waals surface area contributed by atoms with Crippen molar-refractivity contribution in [1.82, 2.24) is 20.2 Å². The number of aromatic nitrogens is 4. The molecular formula is C19H18N4. The number of nitrogens with zero attached hydrogens (tertiary/aromatic N) is 3. The molecule has 0 atom stereocenters. The van der Waals surface area contributed by atoms with E-state index in [9.17, 15) is 0 Å². The lowest BCUT2D eigenvalue weighted by molar-refractivity contribution is 1.01. The molecule has 0 saturated carbocycles. The molecule has 0 aliphatic carbocycles. The third-order valence-electron chi connectivity index (χ3n) is 4.20. The number of fused-ring (bicyclic) bond motifs is 2. The number of H-pyrrole nitrogens is 1. The molecule has 0 radical (unpaired) electrons. The van der Waals surface area contributed by atoms with Gasteiger partial charge < -0.3 is 0 Å². The second-order valence-corrected chi connectivity index (χ2v) is 5.87. The molecule has 4 nitrogen and oxygen atoms in total. The van der Waals surface area contributed by atoms with Gasteiger partial charge in [0.2, 0.25) is 0 Å². The standard InChI is InChI=1S/C19H18N4/c1-3-16-15-7-6-13(10-14(15)9-12(2)21-16)11-18-19-17(22-23-18)5-4-8-20-19/h4-10H,3,11H2,1-2H3,(H,22,23). The van der Waals surface area contributed by atoms with Gasteiger partial charge in [-0.15, -0.1) is 0 Å². The topological polar surface area (TPSA) is 54.5 Å². The highest BCUT2D eigenvalue weighted by molar-refractivity contribution is 5.86. The van der Waals surface area contributed by atoms with Crippen LogP contribution in [0.15, 0.2) is 42.6 Å². The summed E-state index contributed by atoms with van der Waals surface area (Å²) >= 11 is 0. The van der Waals surface area contributed by atoms with E-state index >= 15 is 0 Å². The molecule has 0 saturated heterocycles. The van der Waals surface area contributed by atoms with Crippen molar-refractivity contribution in [3.05, 3.63) is 65.2 Å². The zero-order valence-electron chi connectivity index (χ0n) is 13.3. The van der Waals surface area contributed by atoms with Crippen LogP contribution in [0.25, 0.3) is 21.8 Å². The predicted molar refractivity (Wildman–Crippen MR) is 92.6 cm³/mol. The summed E-state index contributed by atoms with van der Waals surface area (Å²) in [5, 5.41) is 9.94. The van der Waals surface area contributed by atoms with E-state index in [1.54, 1.807) is 0 Å². The highest BCUT2D eigenvalue weighted by atomic mass is 15.1. The lowest BCUT2D eigenvalue weighted by Crippen LogP contribution is -1.95. The average molecular weight is 302 g/mol. The number of hydrogen-bond donors (Lipinski definition) is 1. The van der Waals surface area contributed by atoms with Crippen LogP contribution < -0.4 is 0 Å². The predicted octanol–water partition coefficient (Wildman–Crippen LogP) is 3.97. The van der Waals surface area contributed by atoms with Gasteiger partial charge in [-0.1, -0.05) is 25.1 Å². The van der Waals surface area contributed by atoms with Crippen molar-refractivity contribution in [1.29, 1.82) is 0 Å². The summed E-state index contributed by atoms with van der Waals surface area (Å²) in [7, 11) is 0. The first-order valence-corrected chi connectivity index (χ1v) is 7.91. The minimum atomic E-state index is 0.798. The minimum Gasteiger partial charge on any atom is -0.279 e. The van der Waals surface area contributed by atoms with Gasteiger partial charge in [0, 0.05) is 29.4 Å². The van der Waals surface area contributed by atoms with E-state index in [4.69, 9.17) is 0 Å². The summed E-state index contributed by atoms with van der Waals surface area (Å²) < 4.78 is 0. The molecule has 0 aliphatic rings. The van der Waals surface area contributed by atoms with Gasteiger partial charge in [0.1, 0.15) is 11.0 Å². The first-order chi connectivity index (χ1) is 11.2. The van der Waals surface area contributed by atoms with Crippen molar-refractivity contribution in [3.8, 4) is 0 Å². The molecule has 1 N–H and O–H groups in total. The van der Waals surface area contributed by atoms with Crippen LogP contribution in [0.1, 0.15) is 29.6 Å². The van der Waals surface area contributed by atoms with Gasteiger partial charge in [-0.3, -0.25) is 15.1 Å². The maximum Gasteiger partial charge on any atom is 0.112 e. The van der Waals surface area contributed by atoms with Crippen molar-refractivity contribution in [2.24, 2.45) is 0 Å². The van der Waals surface area contributed by atoms with Gasteiger partial charge in [0.05, 0.1) is 5.69 Å². The molecule has 0 spiro atoms. The summed E-state index contributed by atoms with van der Waals surface area (Å²) in [5.41, 5.74) is 6.41. The molecule has 114 valence electrons. The van der Waals surface area contributed by atoms with Crippen molar-refractivity contribution in [2.45, 2.75) is 26.7 Å². The summed E-state index contributed by atoms with van der Waals surface area (Å²) in [6, 6.07) is 12.6. The Balaban J connectivity index is 1.77. The first-order valence-electron chi connectivity index (χ1n) is 7.91. The maximum absolute atomic E-state index is 4.64. The van der Waals surface area contributed by atoms with Crippen LogP contribution in [0, 0.1) is 6.92 Å². The number of pyridine rings is 2. The highest BCUT2D eigenvalue weighted by Crippen LogP contribution is 2.23. The van der Waals surface area contributed by atoms with Crippen LogP contribution in [-0.2, 0) is 12.8 Å². The van der Waals surface area contributed by atoms with E-state index in [1.165, 1.54) is 22.0 Å². The fourth-order valence-corrected chi connectivity index (χ4v) is 3.13. The van der Waals surface area contributed by atoms with Crippen LogP contribution in [-0.4, -0.2) is 20.2 Å². The Kier molecular flexibility index (Phi) is 3.30. The van der Waals surface area contributed by atoms with Crippen molar-refractivity contribution in [3.63, 3.8) is 0 Å². The van der Waals surface area contributed by atoms with E-state index in [1.807, 2.05) is 18.3 Å². The van der Waals surface area contributed by atoms with Crippen LogP contribution in [0.2, 0.25) is 0 Å². The Hall–Kier alpha value is -2.75. The third kappa shape index (κ3) is 2.46. The number of hydrogen-bond acceptors (Lipinski definition) is 3. The lowest BCUT2D eigenvalue weighted by Gasteiger charge is -2.08. The van der Waals surface area contributed by atoms with Crippen molar-refractivity contribution in [2.75, 3.05) is 0 Å². The zero-order chi connectivity index (χ0) is 15.8. The van der Waals surface area contributed by atoms with E-state index in [0.717, 1.165) is 35.3 Å². The van der Waals surface area contributed by atoms with Gasteiger partial charge in [-0.05, 0) is 42.5 Å². The Bertz CT molecular complexity index is 1000. The average Bonchev–Trinajstić information content (AvgIpc) is 2.97. The molecule has 0 bridgehead atoms. The zero-order valence-corrected chi connectivity index (χ0v) is 13.3. The number of rotatable bonds is 3.